The molecule has 7 heteroatoms. The van der Waals surface area contributed by atoms with Crippen LogP contribution in [-0.2, 0) is 27.1 Å². The Morgan fingerprint density at radius 1 is 1.27 bits per heavy atom. The van der Waals surface area contributed by atoms with Gasteiger partial charge in [0.05, 0.1) is 31.3 Å². The van der Waals surface area contributed by atoms with Crippen molar-refractivity contribution in [3.05, 3.63) is 54.6 Å². The average Bonchev–Trinajstić information content (AvgIpc) is 3.01. The van der Waals surface area contributed by atoms with Gasteiger partial charge < -0.3 is 9.30 Å². The van der Waals surface area contributed by atoms with Crippen molar-refractivity contribution >= 4 is 10.0 Å². The van der Waals surface area contributed by atoms with E-state index in [1.807, 2.05) is 41.1 Å². The highest BCUT2D eigenvalue weighted by Gasteiger charge is 2.29. The zero-order valence-electron chi connectivity index (χ0n) is 12.2. The topological polar surface area (TPSA) is 64.4 Å². The van der Waals surface area contributed by atoms with Crippen LogP contribution in [0.2, 0.25) is 0 Å². The van der Waals surface area contributed by atoms with Gasteiger partial charge in [0.2, 0.25) is 10.0 Å². The second-order valence-electron chi connectivity index (χ2n) is 5.35. The molecule has 0 bridgehead atoms. The van der Waals surface area contributed by atoms with E-state index in [0.29, 0.717) is 26.2 Å². The van der Waals surface area contributed by atoms with Crippen LogP contribution in [0.15, 0.2) is 49.1 Å². The summed E-state index contributed by atoms with van der Waals surface area (Å²) in [5, 5.41) is 0. The van der Waals surface area contributed by atoms with Crippen molar-refractivity contribution in [1.29, 1.82) is 0 Å². The molecule has 1 atom stereocenters. The predicted octanol–water partition coefficient (Wildman–Crippen LogP) is 1.11. The summed E-state index contributed by atoms with van der Waals surface area (Å²) < 4.78 is 34.2. The van der Waals surface area contributed by atoms with Gasteiger partial charge in [-0.25, -0.2) is 13.4 Å². The minimum Gasteiger partial charge on any atom is -0.374 e. The zero-order chi connectivity index (χ0) is 15.4. The van der Waals surface area contributed by atoms with Gasteiger partial charge in [-0.05, 0) is 5.56 Å². The fourth-order valence-corrected chi connectivity index (χ4v) is 4.10. The smallest absolute Gasteiger partial charge is 0.218 e. The average molecular weight is 321 g/mol. The van der Waals surface area contributed by atoms with E-state index in [0.717, 1.165) is 5.56 Å². The number of sulfonamides is 1. The molecular formula is C15H19N3O3S. The molecule has 6 nitrogen and oxygen atoms in total. The standard InChI is InChI=1S/C15H19N3O3S/c19-22(20,12-14-4-2-1-3-5-14)18-8-9-21-15(11-18)10-17-7-6-16-13-17/h1-7,13,15H,8-12H2. The molecule has 0 N–H and O–H groups in total. The summed E-state index contributed by atoms with van der Waals surface area (Å²) in [5.41, 5.74) is 0.806. The van der Waals surface area contributed by atoms with Crippen LogP contribution in [0.3, 0.4) is 0 Å². The Morgan fingerprint density at radius 2 is 2.09 bits per heavy atom. The van der Waals surface area contributed by atoms with Crippen LogP contribution in [0, 0.1) is 0 Å². The molecule has 0 amide bonds. The van der Waals surface area contributed by atoms with Crippen molar-refractivity contribution in [2.75, 3.05) is 19.7 Å². The number of hydrogen-bond acceptors (Lipinski definition) is 4. The predicted molar refractivity (Wildman–Crippen MR) is 82.6 cm³/mol. The van der Waals surface area contributed by atoms with Crippen LogP contribution in [-0.4, -0.2) is 48.1 Å². The first kappa shape index (κ1) is 15.2. The van der Waals surface area contributed by atoms with Crippen molar-refractivity contribution < 1.29 is 13.2 Å². The van der Waals surface area contributed by atoms with Gasteiger partial charge in [0.25, 0.3) is 0 Å². The van der Waals surface area contributed by atoms with Gasteiger partial charge in [-0.1, -0.05) is 30.3 Å². The Labute approximate surface area is 130 Å². The quantitative estimate of drug-likeness (QED) is 0.828. The molecule has 0 saturated carbocycles. The molecule has 0 spiro atoms. The Balaban J connectivity index is 1.65. The van der Waals surface area contributed by atoms with Gasteiger partial charge >= 0.3 is 0 Å². The Kier molecular flexibility index (Phi) is 4.56. The van der Waals surface area contributed by atoms with Crippen molar-refractivity contribution in [2.24, 2.45) is 0 Å². The third-order valence-electron chi connectivity index (χ3n) is 3.66. The second kappa shape index (κ2) is 6.60. The minimum absolute atomic E-state index is 0.0334. The molecule has 2 heterocycles. The van der Waals surface area contributed by atoms with Gasteiger partial charge in [0, 0.05) is 25.5 Å². The molecule has 1 aromatic heterocycles. The molecule has 1 fully saturated rings. The molecule has 0 radical (unpaired) electrons. The van der Waals surface area contributed by atoms with Crippen molar-refractivity contribution in [3.63, 3.8) is 0 Å². The summed E-state index contributed by atoms with van der Waals surface area (Å²) in [6.07, 6.45) is 5.11. The summed E-state index contributed by atoms with van der Waals surface area (Å²) in [5.74, 6) is 0.0334. The van der Waals surface area contributed by atoms with Crippen molar-refractivity contribution in [1.82, 2.24) is 13.9 Å². The number of imidazole rings is 1. The maximum atomic E-state index is 12.6. The lowest BCUT2D eigenvalue weighted by Crippen LogP contribution is -2.47. The SMILES string of the molecule is O=S(=O)(Cc1ccccc1)N1CCOC(Cn2ccnc2)C1. The third-order valence-corrected chi connectivity index (χ3v) is 5.48. The second-order valence-corrected chi connectivity index (χ2v) is 7.32. The molecular weight excluding hydrogens is 302 g/mol. The summed E-state index contributed by atoms with van der Waals surface area (Å²) >= 11 is 0. The molecule has 1 aliphatic heterocycles. The molecule has 118 valence electrons. The van der Waals surface area contributed by atoms with Gasteiger partial charge in [-0.3, -0.25) is 0 Å². The first-order valence-electron chi connectivity index (χ1n) is 7.22. The maximum Gasteiger partial charge on any atom is 0.218 e. The number of ether oxygens (including phenoxy) is 1. The van der Waals surface area contributed by atoms with Crippen LogP contribution < -0.4 is 0 Å². The highest BCUT2D eigenvalue weighted by molar-refractivity contribution is 7.88. The van der Waals surface area contributed by atoms with Gasteiger partial charge in [-0.2, -0.15) is 4.31 Å². The third kappa shape index (κ3) is 3.73. The van der Waals surface area contributed by atoms with Crippen LogP contribution in [0.5, 0.6) is 0 Å². The van der Waals surface area contributed by atoms with E-state index in [1.165, 1.54) is 4.31 Å². The van der Waals surface area contributed by atoms with Crippen molar-refractivity contribution in [3.8, 4) is 0 Å². The van der Waals surface area contributed by atoms with Crippen LogP contribution in [0.4, 0.5) is 0 Å². The van der Waals surface area contributed by atoms with Crippen molar-refractivity contribution in [2.45, 2.75) is 18.4 Å². The monoisotopic (exact) mass is 321 g/mol. The fourth-order valence-electron chi connectivity index (χ4n) is 2.56. The number of rotatable bonds is 5. The number of aromatic nitrogens is 2. The Morgan fingerprint density at radius 3 is 2.82 bits per heavy atom. The molecule has 1 aliphatic rings. The summed E-state index contributed by atoms with van der Waals surface area (Å²) in [6, 6.07) is 9.26. The number of benzene rings is 1. The van der Waals surface area contributed by atoms with E-state index < -0.39 is 10.0 Å². The van der Waals surface area contributed by atoms with E-state index in [9.17, 15) is 8.42 Å². The molecule has 3 rings (SSSR count). The zero-order valence-corrected chi connectivity index (χ0v) is 13.0. The van der Waals surface area contributed by atoms with E-state index in [2.05, 4.69) is 4.98 Å². The molecule has 22 heavy (non-hydrogen) atoms. The molecule has 1 unspecified atom stereocenters. The van der Waals surface area contributed by atoms with E-state index in [-0.39, 0.29) is 11.9 Å². The molecule has 1 aromatic carbocycles. The lowest BCUT2D eigenvalue weighted by Gasteiger charge is -2.32. The highest BCUT2D eigenvalue weighted by Crippen LogP contribution is 2.16. The molecule has 0 aliphatic carbocycles. The van der Waals surface area contributed by atoms with Crippen LogP contribution >= 0.6 is 0 Å². The van der Waals surface area contributed by atoms with Crippen LogP contribution in [0.25, 0.3) is 0 Å². The fraction of sp³-hybridized carbons (Fsp3) is 0.400. The minimum atomic E-state index is -3.32. The van der Waals surface area contributed by atoms with Gasteiger partial charge in [0.15, 0.2) is 0 Å². The van der Waals surface area contributed by atoms with Gasteiger partial charge in [-0.15, -0.1) is 0 Å². The Bertz CT molecular complexity index is 686. The largest absolute Gasteiger partial charge is 0.374 e. The first-order chi connectivity index (χ1) is 10.6. The van der Waals surface area contributed by atoms with E-state index in [4.69, 9.17) is 4.74 Å². The number of morpholine rings is 1. The number of nitrogens with zero attached hydrogens (tertiary/aromatic N) is 3. The highest BCUT2D eigenvalue weighted by atomic mass is 32.2. The first-order valence-corrected chi connectivity index (χ1v) is 8.83. The summed E-state index contributed by atoms with van der Waals surface area (Å²) in [4.78, 5) is 3.99. The van der Waals surface area contributed by atoms with E-state index in [1.54, 1.807) is 12.5 Å². The summed E-state index contributed by atoms with van der Waals surface area (Å²) in [7, 11) is -3.32. The van der Waals surface area contributed by atoms with Crippen LogP contribution in [0.1, 0.15) is 5.56 Å². The molecule has 1 saturated heterocycles. The Hall–Kier alpha value is -1.70. The summed E-state index contributed by atoms with van der Waals surface area (Å²) in [6.45, 7) is 1.83. The molecule has 2 aromatic rings. The lowest BCUT2D eigenvalue weighted by molar-refractivity contribution is -0.0103. The lowest BCUT2D eigenvalue weighted by atomic mass is 10.2. The van der Waals surface area contributed by atoms with Gasteiger partial charge in [0.1, 0.15) is 0 Å². The number of hydrogen-bond donors (Lipinski definition) is 0. The van der Waals surface area contributed by atoms with E-state index >= 15 is 0 Å². The maximum absolute atomic E-state index is 12.6. The normalized spacial score (nSPS) is 20.1.